The van der Waals surface area contributed by atoms with E-state index in [-0.39, 0.29) is 6.17 Å². The van der Waals surface area contributed by atoms with Gasteiger partial charge in [-0.1, -0.05) is 103 Å². The SMILES string of the molecule is N#Cc1cccc(-c2ccc3oc4ccnc(-c5ccc(C6=NC(c7ccccc7)NC(c7ccccc7)=N6)cc5)c4c3c2)c1. The highest BCUT2D eigenvalue weighted by Gasteiger charge is 2.21. The van der Waals surface area contributed by atoms with E-state index < -0.39 is 0 Å². The Labute approximate surface area is 259 Å². The summed E-state index contributed by atoms with van der Waals surface area (Å²) in [5.74, 6) is 1.45. The van der Waals surface area contributed by atoms with E-state index in [1.54, 1.807) is 6.20 Å². The molecule has 1 N–H and O–H groups in total. The van der Waals surface area contributed by atoms with Crippen LogP contribution in [0.15, 0.2) is 154 Å². The fourth-order valence-electron chi connectivity index (χ4n) is 5.79. The minimum Gasteiger partial charge on any atom is -0.456 e. The Bertz CT molecular complexity index is 2300. The van der Waals surface area contributed by atoms with Gasteiger partial charge in [0, 0.05) is 28.3 Å². The Balaban J connectivity index is 1.20. The molecule has 7 aromatic rings. The molecule has 1 aliphatic heterocycles. The lowest BCUT2D eigenvalue weighted by Crippen LogP contribution is -2.33. The quantitative estimate of drug-likeness (QED) is 0.221. The second kappa shape index (κ2) is 11.1. The van der Waals surface area contributed by atoms with Crippen LogP contribution in [0.2, 0.25) is 0 Å². The fraction of sp³-hybridized carbons (Fsp3) is 0.0256. The van der Waals surface area contributed by atoms with E-state index >= 15 is 0 Å². The Kier molecular flexibility index (Phi) is 6.47. The molecule has 2 aromatic heterocycles. The summed E-state index contributed by atoms with van der Waals surface area (Å²) in [6, 6.07) is 46.4. The van der Waals surface area contributed by atoms with Crippen molar-refractivity contribution in [3.05, 3.63) is 162 Å². The first-order chi connectivity index (χ1) is 22.2. The maximum Gasteiger partial charge on any atom is 0.159 e. The zero-order chi connectivity index (χ0) is 30.2. The van der Waals surface area contributed by atoms with Crippen LogP contribution in [0.5, 0.6) is 0 Å². The van der Waals surface area contributed by atoms with Crippen LogP contribution in [-0.4, -0.2) is 16.7 Å². The minimum atomic E-state index is -0.260. The zero-order valence-corrected chi connectivity index (χ0v) is 24.1. The molecule has 0 saturated carbocycles. The van der Waals surface area contributed by atoms with Crippen LogP contribution in [0.1, 0.15) is 28.4 Å². The topological polar surface area (TPSA) is 86.6 Å². The van der Waals surface area contributed by atoms with Crippen LogP contribution in [0, 0.1) is 11.3 Å². The van der Waals surface area contributed by atoms with Gasteiger partial charge in [0.2, 0.25) is 0 Å². The third-order valence-corrected chi connectivity index (χ3v) is 8.03. The molecule has 0 saturated heterocycles. The van der Waals surface area contributed by atoms with Gasteiger partial charge in [-0.05, 0) is 47.0 Å². The number of benzene rings is 5. The number of rotatable bonds is 5. The number of pyridine rings is 1. The first-order valence-corrected chi connectivity index (χ1v) is 14.7. The summed E-state index contributed by atoms with van der Waals surface area (Å²) in [5.41, 5.74) is 8.96. The van der Waals surface area contributed by atoms with Crippen LogP contribution >= 0.6 is 0 Å². The molecular formula is C39H25N5O. The number of hydrogen-bond acceptors (Lipinski definition) is 6. The summed E-state index contributed by atoms with van der Waals surface area (Å²) in [6.45, 7) is 0. The minimum absolute atomic E-state index is 0.260. The van der Waals surface area contributed by atoms with Crippen LogP contribution in [0.25, 0.3) is 44.3 Å². The average Bonchev–Trinajstić information content (AvgIpc) is 3.50. The second-order valence-corrected chi connectivity index (χ2v) is 10.9. The molecule has 0 spiro atoms. The van der Waals surface area contributed by atoms with Crippen molar-refractivity contribution in [2.24, 2.45) is 9.98 Å². The van der Waals surface area contributed by atoms with Crippen LogP contribution in [-0.2, 0) is 0 Å². The molecule has 5 aromatic carbocycles. The zero-order valence-electron chi connectivity index (χ0n) is 24.1. The summed E-state index contributed by atoms with van der Waals surface area (Å²) < 4.78 is 6.24. The second-order valence-electron chi connectivity index (χ2n) is 10.9. The van der Waals surface area contributed by atoms with Gasteiger partial charge in [-0.3, -0.25) is 4.98 Å². The summed E-state index contributed by atoms with van der Waals surface area (Å²) in [5, 5.41) is 14.8. The van der Waals surface area contributed by atoms with Crippen LogP contribution in [0.3, 0.4) is 0 Å². The van der Waals surface area contributed by atoms with Crippen molar-refractivity contribution in [2.45, 2.75) is 6.17 Å². The van der Waals surface area contributed by atoms with Gasteiger partial charge in [0.05, 0.1) is 22.7 Å². The summed E-state index contributed by atoms with van der Waals surface area (Å²) in [7, 11) is 0. The number of hydrogen-bond donors (Lipinski definition) is 1. The van der Waals surface area contributed by atoms with Gasteiger partial charge in [-0.15, -0.1) is 0 Å². The molecule has 1 aliphatic rings. The third-order valence-electron chi connectivity index (χ3n) is 8.03. The lowest BCUT2D eigenvalue weighted by molar-refractivity contribution is 0.668. The summed E-state index contributed by atoms with van der Waals surface area (Å²) in [6.07, 6.45) is 1.52. The van der Waals surface area contributed by atoms with Crippen molar-refractivity contribution in [1.82, 2.24) is 10.3 Å². The van der Waals surface area contributed by atoms with Crippen LogP contribution in [0.4, 0.5) is 0 Å². The van der Waals surface area contributed by atoms with E-state index in [2.05, 4.69) is 53.9 Å². The van der Waals surface area contributed by atoms with Gasteiger partial charge in [-0.2, -0.15) is 5.26 Å². The van der Waals surface area contributed by atoms with E-state index in [0.29, 0.717) is 11.4 Å². The molecule has 0 amide bonds. The first kappa shape index (κ1) is 26.3. The molecule has 1 atom stereocenters. The first-order valence-electron chi connectivity index (χ1n) is 14.7. The maximum atomic E-state index is 9.39. The Hall–Kier alpha value is -6.32. The van der Waals surface area contributed by atoms with Gasteiger partial charge in [0.25, 0.3) is 0 Å². The lowest BCUT2D eigenvalue weighted by atomic mass is 9.99. The number of amidine groups is 2. The highest BCUT2D eigenvalue weighted by molar-refractivity contribution is 6.14. The predicted molar refractivity (Wildman–Crippen MR) is 179 cm³/mol. The van der Waals surface area contributed by atoms with Gasteiger partial charge in [0.15, 0.2) is 5.84 Å². The average molecular weight is 580 g/mol. The number of fused-ring (bicyclic) bond motifs is 3. The third kappa shape index (κ3) is 4.93. The van der Waals surface area contributed by atoms with E-state index in [1.807, 2.05) is 91.0 Å². The van der Waals surface area contributed by atoms with Crippen molar-refractivity contribution in [3.8, 4) is 28.5 Å². The van der Waals surface area contributed by atoms with Crippen LogP contribution < -0.4 is 5.32 Å². The molecule has 8 rings (SSSR count). The largest absolute Gasteiger partial charge is 0.456 e. The van der Waals surface area contributed by atoms with E-state index in [0.717, 1.165) is 66.8 Å². The number of nitrogens with zero attached hydrogens (tertiary/aromatic N) is 4. The Morgan fingerprint density at radius 2 is 1.36 bits per heavy atom. The molecule has 0 aliphatic carbocycles. The predicted octanol–water partition coefficient (Wildman–Crippen LogP) is 8.68. The highest BCUT2D eigenvalue weighted by Crippen LogP contribution is 2.37. The Morgan fingerprint density at radius 3 is 2.16 bits per heavy atom. The fourth-order valence-corrected chi connectivity index (χ4v) is 5.79. The molecule has 45 heavy (non-hydrogen) atoms. The van der Waals surface area contributed by atoms with Gasteiger partial charge >= 0.3 is 0 Å². The van der Waals surface area contributed by atoms with Gasteiger partial charge in [-0.25, -0.2) is 9.98 Å². The molecule has 6 heteroatoms. The molecule has 0 radical (unpaired) electrons. The molecule has 0 bridgehead atoms. The van der Waals surface area contributed by atoms with Crippen molar-refractivity contribution < 1.29 is 4.42 Å². The lowest BCUT2D eigenvalue weighted by Gasteiger charge is -2.23. The van der Waals surface area contributed by atoms with Gasteiger partial charge in [0.1, 0.15) is 23.2 Å². The number of aromatic nitrogens is 1. The van der Waals surface area contributed by atoms with E-state index in [9.17, 15) is 5.26 Å². The number of aliphatic imine (C=N–C) groups is 2. The summed E-state index contributed by atoms with van der Waals surface area (Å²) in [4.78, 5) is 14.7. The monoisotopic (exact) mass is 579 g/mol. The van der Waals surface area contributed by atoms with Crippen molar-refractivity contribution in [3.63, 3.8) is 0 Å². The molecule has 1 unspecified atom stereocenters. The molecule has 0 fully saturated rings. The van der Waals surface area contributed by atoms with Crippen molar-refractivity contribution in [2.75, 3.05) is 0 Å². The summed E-state index contributed by atoms with van der Waals surface area (Å²) >= 11 is 0. The van der Waals surface area contributed by atoms with Crippen molar-refractivity contribution >= 4 is 33.6 Å². The highest BCUT2D eigenvalue weighted by atomic mass is 16.3. The van der Waals surface area contributed by atoms with E-state index in [4.69, 9.17) is 19.4 Å². The number of nitriles is 1. The normalized spacial score (nSPS) is 14.4. The molecule has 212 valence electrons. The maximum absolute atomic E-state index is 9.39. The van der Waals surface area contributed by atoms with E-state index in [1.165, 1.54) is 0 Å². The molecular weight excluding hydrogens is 554 g/mol. The number of furan rings is 1. The van der Waals surface area contributed by atoms with Gasteiger partial charge < -0.3 is 9.73 Å². The molecule has 6 nitrogen and oxygen atoms in total. The number of nitrogens with one attached hydrogen (secondary N) is 1. The molecule has 3 heterocycles. The smallest absolute Gasteiger partial charge is 0.159 e. The van der Waals surface area contributed by atoms with Crippen molar-refractivity contribution in [1.29, 1.82) is 5.26 Å². The Morgan fingerprint density at radius 1 is 0.644 bits per heavy atom. The standard InChI is InChI=1S/C39H25N5O/c40-24-25-8-7-13-30(22-25)31-18-19-33-32(23-31)35-34(45-33)20-21-41-36(35)26-14-16-29(17-15-26)39-43-37(27-9-3-1-4-10-27)42-38(44-39)28-11-5-2-6-12-28/h1-23,37H,(H,42,43,44).